The van der Waals surface area contributed by atoms with Gasteiger partial charge in [0.05, 0.1) is 0 Å². The van der Waals surface area contributed by atoms with Gasteiger partial charge < -0.3 is 20.3 Å². The molecule has 0 amide bonds. The van der Waals surface area contributed by atoms with Crippen molar-refractivity contribution in [2.24, 2.45) is 4.99 Å². The third-order valence-electron chi connectivity index (χ3n) is 2.93. The van der Waals surface area contributed by atoms with Crippen molar-refractivity contribution < 1.29 is 13.5 Å². The Balaban J connectivity index is 0.00000484. The zero-order chi connectivity index (χ0) is 16.4. The molecule has 0 bridgehead atoms. The minimum absolute atomic E-state index is 0. The largest absolute Gasteiger partial charge is 0.434 e. The lowest BCUT2D eigenvalue weighted by Gasteiger charge is -2.15. The Morgan fingerprint density at radius 3 is 2.57 bits per heavy atom. The summed E-state index contributed by atoms with van der Waals surface area (Å²) in [4.78, 5) is 6.21. The lowest BCUT2D eigenvalue weighted by Crippen LogP contribution is -2.38. The van der Waals surface area contributed by atoms with Gasteiger partial charge in [0.25, 0.3) is 0 Å². The first-order chi connectivity index (χ1) is 10.5. The smallest absolute Gasteiger partial charge is 0.387 e. The predicted octanol–water partition coefficient (Wildman–Crippen LogP) is 2.52. The van der Waals surface area contributed by atoms with E-state index in [0.717, 1.165) is 19.5 Å². The number of aliphatic imine (C=N–C) groups is 1. The van der Waals surface area contributed by atoms with E-state index in [1.165, 1.54) is 6.07 Å². The molecular formula is C15H25F2IN4O. The van der Waals surface area contributed by atoms with E-state index >= 15 is 0 Å². The molecule has 5 nitrogen and oxygen atoms in total. The summed E-state index contributed by atoms with van der Waals surface area (Å²) in [5.74, 6) is 0.804. The van der Waals surface area contributed by atoms with Gasteiger partial charge in [0, 0.05) is 25.7 Å². The van der Waals surface area contributed by atoms with Crippen LogP contribution >= 0.6 is 24.0 Å². The van der Waals surface area contributed by atoms with Gasteiger partial charge in [0.1, 0.15) is 5.75 Å². The molecule has 0 radical (unpaired) electrons. The molecule has 0 atom stereocenters. The molecule has 0 fully saturated rings. The maximum atomic E-state index is 12.4. The standard InChI is InChI=1S/C15H24F2N4O.HI/c1-18-15(19-9-6-10-21(2)3)20-11-12-7-4-5-8-13(12)22-14(16)17;/h4-5,7-8,14H,6,9-11H2,1-3H3,(H2,18,19,20);1H. The second-order valence-corrected chi connectivity index (χ2v) is 5.00. The van der Waals surface area contributed by atoms with Gasteiger partial charge in [0.2, 0.25) is 0 Å². The highest BCUT2D eigenvalue weighted by molar-refractivity contribution is 14.0. The van der Waals surface area contributed by atoms with Crippen LogP contribution in [0.15, 0.2) is 29.3 Å². The molecule has 8 heteroatoms. The number of benzene rings is 1. The summed E-state index contributed by atoms with van der Waals surface area (Å²) in [5.41, 5.74) is 0.652. The van der Waals surface area contributed by atoms with Gasteiger partial charge in [0.15, 0.2) is 5.96 Å². The van der Waals surface area contributed by atoms with E-state index in [1.807, 2.05) is 14.1 Å². The van der Waals surface area contributed by atoms with Crippen molar-refractivity contribution in [2.45, 2.75) is 19.6 Å². The number of nitrogens with zero attached hydrogens (tertiary/aromatic N) is 2. The number of halogens is 3. The number of guanidine groups is 1. The average molecular weight is 442 g/mol. The van der Waals surface area contributed by atoms with Gasteiger partial charge in [-0.15, -0.1) is 24.0 Å². The van der Waals surface area contributed by atoms with Crippen LogP contribution in [0.5, 0.6) is 5.75 Å². The average Bonchev–Trinajstić information content (AvgIpc) is 2.47. The van der Waals surface area contributed by atoms with Crippen LogP contribution in [0.4, 0.5) is 8.78 Å². The van der Waals surface area contributed by atoms with E-state index in [4.69, 9.17) is 0 Å². The van der Waals surface area contributed by atoms with Crippen molar-refractivity contribution in [3.8, 4) is 5.75 Å². The van der Waals surface area contributed by atoms with Gasteiger partial charge in [-0.3, -0.25) is 4.99 Å². The minimum Gasteiger partial charge on any atom is -0.434 e. The van der Waals surface area contributed by atoms with Crippen molar-refractivity contribution >= 4 is 29.9 Å². The van der Waals surface area contributed by atoms with Gasteiger partial charge in [-0.05, 0) is 33.1 Å². The van der Waals surface area contributed by atoms with Gasteiger partial charge >= 0.3 is 6.61 Å². The molecule has 0 aromatic heterocycles. The van der Waals surface area contributed by atoms with E-state index in [-0.39, 0.29) is 29.7 Å². The molecule has 0 heterocycles. The van der Waals surface area contributed by atoms with Crippen molar-refractivity contribution in [1.29, 1.82) is 0 Å². The fourth-order valence-electron chi connectivity index (χ4n) is 1.86. The molecule has 1 aromatic rings. The summed E-state index contributed by atoms with van der Waals surface area (Å²) in [6.07, 6.45) is 0.985. The van der Waals surface area contributed by atoms with E-state index < -0.39 is 6.61 Å². The van der Waals surface area contributed by atoms with Crippen molar-refractivity contribution in [3.63, 3.8) is 0 Å². The Labute approximate surface area is 153 Å². The molecular weight excluding hydrogens is 417 g/mol. The number of rotatable bonds is 8. The van der Waals surface area contributed by atoms with Crippen LogP contribution in [-0.2, 0) is 6.54 Å². The Morgan fingerprint density at radius 1 is 1.26 bits per heavy atom. The van der Waals surface area contributed by atoms with Crippen LogP contribution in [0.2, 0.25) is 0 Å². The summed E-state index contributed by atoms with van der Waals surface area (Å²) in [7, 11) is 5.71. The number of ether oxygens (including phenoxy) is 1. The molecule has 1 aromatic carbocycles. The van der Waals surface area contributed by atoms with Crippen molar-refractivity contribution in [1.82, 2.24) is 15.5 Å². The summed E-state index contributed by atoms with van der Waals surface area (Å²) < 4.78 is 29.2. The molecule has 23 heavy (non-hydrogen) atoms. The fraction of sp³-hybridized carbons (Fsp3) is 0.533. The number of alkyl halides is 2. The first-order valence-corrected chi connectivity index (χ1v) is 7.15. The molecule has 0 aliphatic carbocycles. The van der Waals surface area contributed by atoms with E-state index in [2.05, 4.69) is 25.3 Å². The van der Waals surface area contributed by atoms with Crippen LogP contribution in [-0.4, -0.2) is 51.7 Å². The highest BCUT2D eigenvalue weighted by Gasteiger charge is 2.09. The van der Waals surface area contributed by atoms with Gasteiger partial charge in [-0.25, -0.2) is 0 Å². The number of hydrogen-bond donors (Lipinski definition) is 2. The van der Waals surface area contributed by atoms with Crippen LogP contribution in [0.25, 0.3) is 0 Å². The molecule has 132 valence electrons. The summed E-state index contributed by atoms with van der Waals surface area (Å²) in [5, 5.41) is 6.27. The summed E-state index contributed by atoms with van der Waals surface area (Å²) in [6.45, 7) is -0.706. The molecule has 0 aliphatic heterocycles. The van der Waals surface area contributed by atoms with Crippen LogP contribution in [0, 0.1) is 0 Å². The lowest BCUT2D eigenvalue weighted by atomic mass is 10.2. The highest BCUT2D eigenvalue weighted by atomic mass is 127. The van der Waals surface area contributed by atoms with Crippen LogP contribution < -0.4 is 15.4 Å². The normalized spacial score (nSPS) is 11.3. The van der Waals surface area contributed by atoms with Gasteiger partial charge in [-0.2, -0.15) is 8.78 Å². The molecule has 0 saturated heterocycles. The monoisotopic (exact) mass is 442 g/mol. The number of hydrogen-bond acceptors (Lipinski definition) is 3. The second-order valence-electron chi connectivity index (χ2n) is 5.00. The first-order valence-electron chi connectivity index (χ1n) is 7.15. The summed E-state index contributed by atoms with van der Waals surface area (Å²) >= 11 is 0. The first kappa shape index (κ1) is 21.8. The molecule has 2 N–H and O–H groups in total. The number of nitrogens with one attached hydrogen (secondary N) is 2. The van der Waals surface area contributed by atoms with Crippen LogP contribution in [0.3, 0.4) is 0 Å². The minimum atomic E-state index is -2.83. The summed E-state index contributed by atoms with van der Waals surface area (Å²) in [6, 6.07) is 6.71. The molecule has 1 rings (SSSR count). The van der Waals surface area contributed by atoms with E-state index in [1.54, 1.807) is 25.2 Å². The number of para-hydroxylation sites is 1. The quantitative estimate of drug-likeness (QED) is 0.281. The van der Waals surface area contributed by atoms with E-state index in [9.17, 15) is 8.78 Å². The molecule has 0 spiro atoms. The second kappa shape index (κ2) is 12.3. The third kappa shape index (κ3) is 9.54. The van der Waals surface area contributed by atoms with Gasteiger partial charge in [-0.1, -0.05) is 18.2 Å². The topological polar surface area (TPSA) is 48.9 Å². The Morgan fingerprint density at radius 2 is 1.96 bits per heavy atom. The molecule has 0 aliphatic rings. The van der Waals surface area contributed by atoms with Crippen molar-refractivity contribution in [3.05, 3.63) is 29.8 Å². The Bertz CT molecular complexity index is 473. The lowest BCUT2D eigenvalue weighted by molar-refractivity contribution is -0.0504. The third-order valence-corrected chi connectivity index (χ3v) is 2.93. The Kier molecular flexibility index (Phi) is 11.7. The van der Waals surface area contributed by atoms with E-state index in [0.29, 0.717) is 18.1 Å². The maximum absolute atomic E-state index is 12.4. The molecule has 0 unspecified atom stereocenters. The zero-order valence-corrected chi connectivity index (χ0v) is 16.0. The zero-order valence-electron chi connectivity index (χ0n) is 13.7. The highest BCUT2D eigenvalue weighted by Crippen LogP contribution is 2.19. The fourth-order valence-corrected chi connectivity index (χ4v) is 1.86. The van der Waals surface area contributed by atoms with Crippen LogP contribution in [0.1, 0.15) is 12.0 Å². The van der Waals surface area contributed by atoms with Crippen molar-refractivity contribution in [2.75, 3.05) is 34.2 Å². The predicted molar refractivity (Wildman–Crippen MR) is 99.9 cm³/mol. The Hall–Kier alpha value is -1.16. The molecule has 0 saturated carbocycles. The maximum Gasteiger partial charge on any atom is 0.387 e. The SMILES string of the molecule is CN=C(NCCCN(C)C)NCc1ccccc1OC(F)F.I.